The minimum Gasteiger partial charge on any atom is -0.465 e. The third-order valence-electron chi connectivity index (χ3n) is 4.30. The largest absolute Gasteiger partial charge is 0.465 e. The van der Waals surface area contributed by atoms with Gasteiger partial charge in [-0.2, -0.15) is 0 Å². The van der Waals surface area contributed by atoms with Crippen LogP contribution in [0.2, 0.25) is 0 Å². The number of benzene rings is 2. The Morgan fingerprint density at radius 1 is 1.25 bits per heavy atom. The molecule has 1 heterocycles. The van der Waals surface area contributed by atoms with E-state index in [4.69, 9.17) is 0 Å². The van der Waals surface area contributed by atoms with Crippen molar-refractivity contribution < 1.29 is 23.8 Å². The smallest absolute Gasteiger partial charge is 0.337 e. The minimum absolute atomic E-state index is 0.255. The van der Waals surface area contributed by atoms with Gasteiger partial charge in [0.05, 0.1) is 18.4 Å². The van der Waals surface area contributed by atoms with Gasteiger partial charge in [-0.3, -0.25) is 9.69 Å². The van der Waals surface area contributed by atoms with Crippen molar-refractivity contribution in [1.29, 1.82) is 0 Å². The van der Waals surface area contributed by atoms with Crippen LogP contribution in [0.5, 0.6) is 0 Å². The monoisotopic (exact) mass is 402 g/mol. The van der Waals surface area contributed by atoms with E-state index in [1.165, 1.54) is 36.3 Å². The number of aliphatic hydroxyl groups is 1. The molecule has 0 aliphatic carbocycles. The number of aliphatic hydroxyl groups excluding tert-OH is 1. The predicted octanol–water partition coefficient (Wildman–Crippen LogP) is 3.30. The van der Waals surface area contributed by atoms with Gasteiger partial charge in [0.1, 0.15) is 17.2 Å². The molecule has 1 amide bonds. The Kier molecular flexibility index (Phi) is 6.11. The van der Waals surface area contributed by atoms with Gasteiger partial charge < -0.3 is 9.84 Å². The number of rotatable bonds is 5. The summed E-state index contributed by atoms with van der Waals surface area (Å²) in [7, 11) is 1.31. The Bertz CT molecular complexity index is 899. The number of nitrogens with zero attached hydrogens (tertiary/aromatic N) is 2. The Balaban J connectivity index is 1.83. The molecule has 0 spiro atoms. The summed E-state index contributed by atoms with van der Waals surface area (Å²) in [6.07, 6.45) is -1.08. The highest BCUT2D eigenvalue weighted by Gasteiger charge is 2.42. The molecule has 6 nitrogen and oxygen atoms in total. The number of carbonyl (C=O) groups excluding carboxylic acids is 2. The van der Waals surface area contributed by atoms with Gasteiger partial charge in [-0.05, 0) is 48.9 Å². The van der Waals surface area contributed by atoms with Gasteiger partial charge in [0, 0.05) is 6.54 Å². The average Bonchev–Trinajstić information content (AvgIpc) is 3.03. The standard InChI is InChI=1S/C20H19FN2O4S/c1-3-23-18(25)17(16(24)12-4-8-14(21)9-5-12)28-20(23)22-15-10-6-13(7-11-15)19(26)27-2/h4-11,16-17,24H,3H2,1-2H3/t16-,17-/m1/s1. The number of thioether (sulfide) groups is 1. The lowest BCUT2D eigenvalue weighted by molar-refractivity contribution is -0.127. The van der Waals surface area contributed by atoms with E-state index in [9.17, 15) is 19.1 Å². The van der Waals surface area contributed by atoms with E-state index < -0.39 is 23.1 Å². The lowest BCUT2D eigenvalue weighted by Gasteiger charge is -2.16. The maximum absolute atomic E-state index is 13.1. The first-order chi connectivity index (χ1) is 13.4. The molecule has 1 saturated heterocycles. The summed E-state index contributed by atoms with van der Waals surface area (Å²) in [5.74, 6) is -1.11. The van der Waals surface area contributed by atoms with Crippen LogP contribution in [0.1, 0.15) is 28.9 Å². The number of amidine groups is 1. The van der Waals surface area contributed by atoms with Gasteiger partial charge in [0.15, 0.2) is 5.17 Å². The summed E-state index contributed by atoms with van der Waals surface area (Å²) in [4.78, 5) is 30.2. The van der Waals surface area contributed by atoms with Crippen molar-refractivity contribution in [1.82, 2.24) is 4.90 Å². The van der Waals surface area contributed by atoms with Crippen LogP contribution in [-0.4, -0.2) is 46.0 Å². The number of esters is 1. The van der Waals surface area contributed by atoms with Crippen LogP contribution in [0.4, 0.5) is 10.1 Å². The fourth-order valence-corrected chi connectivity index (χ4v) is 4.03. The van der Waals surface area contributed by atoms with Gasteiger partial charge in [-0.1, -0.05) is 23.9 Å². The van der Waals surface area contributed by atoms with Crippen LogP contribution in [0.25, 0.3) is 0 Å². The molecule has 1 N–H and O–H groups in total. The van der Waals surface area contributed by atoms with E-state index in [-0.39, 0.29) is 5.91 Å². The van der Waals surface area contributed by atoms with Crippen LogP contribution >= 0.6 is 11.8 Å². The summed E-state index contributed by atoms with van der Waals surface area (Å²) in [6, 6.07) is 11.9. The summed E-state index contributed by atoms with van der Waals surface area (Å²) in [5, 5.41) is 10.3. The number of amides is 1. The maximum atomic E-state index is 13.1. The first kappa shape index (κ1) is 20.0. The Morgan fingerprint density at radius 3 is 2.46 bits per heavy atom. The fourth-order valence-electron chi connectivity index (χ4n) is 2.79. The van der Waals surface area contributed by atoms with Gasteiger partial charge in [-0.25, -0.2) is 14.2 Å². The lowest BCUT2D eigenvalue weighted by Crippen LogP contribution is -2.34. The molecule has 146 valence electrons. The first-order valence-electron chi connectivity index (χ1n) is 8.63. The van der Waals surface area contributed by atoms with Gasteiger partial charge in [0.25, 0.3) is 0 Å². The molecule has 0 unspecified atom stereocenters. The van der Waals surface area contributed by atoms with Crippen LogP contribution in [-0.2, 0) is 9.53 Å². The van der Waals surface area contributed by atoms with Crippen molar-refractivity contribution in [3.63, 3.8) is 0 Å². The van der Waals surface area contributed by atoms with E-state index >= 15 is 0 Å². The zero-order valence-electron chi connectivity index (χ0n) is 15.3. The summed E-state index contributed by atoms with van der Waals surface area (Å²) in [5.41, 5.74) is 1.43. The van der Waals surface area contributed by atoms with Crippen LogP contribution in [0.3, 0.4) is 0 Å². The number of hydrogen-bond acceptors (Lipinski definition) is 6. The normalized spacial score (nSPS) is 19.1. The number of hydrogen-bond donors (Lipinski definition) is 1. The van der Waals surface area contributed by atoms with Crippen molar-refractivity contribution in [3.8, 4) is 0 Å². The third-order valence-corrected chi connectivity index (χ3v) is 5.54. The molecule has 0 saturated carbocycles. The van der Waals surface area contributed by atoms with E-state index in [0.29, 0.717) is 28.5 Å². The Labute approximate surface area is 166 Å². The Hall–Kier alpha value is -2.71. The van der Waals surface area contributed by atoms with Crippen LogP contribution in [0, 0.1) is 5.82 Å². The van der Waals surface area contributed by atoms with Crippen molar-refractivity contribution in [2.75, 3.05) is 13.7 Å². The summed E-state index contributed by atoms with van der Waals surface area (Å²) < 4.78 is 17.8. The average molecular weight is 402 g/mol. The predicted molar refractivity (Wildman–Crippen MR) is 105 cm³/mol. The van der Waals surface area contributed by atoms with E-state index in [0.717, 1.165) is 11.8 Å². The molecule has 1 aliphatic heterocycles. The van der Waals surface area contributed by atoms with Crippen LogP contribution in [0.15, 0.2) is 53.5 Å². The second-order valence-corrected chi connectivity index (χ2v) is 7.16. The van der Waals surface area contributed by atoms with Crippen LogP contribution < -0.4 is 0 Å². The maximum Gasteiger partial charge on any atom is 0.337 e. The molecular weight excluding hydrogens is 383 g/mol. The first-order valence-corrected chi connectivity index (χ1v) is 9.51. The highest BCUT2D eigenvalue weighted by atomic mass is 32.2. The van der Waals surface area contributed by atoms with Gasteiger partial charge in [-0.15, -0.1) is 0 Å². The second kappa shape index (κ2) is 8.53. The SMILES string of the molecule is CCN1C(=O)[C@@H]([C@H](O)c2ccc(F)cc2)SC1=Nc1ccc(C(=O)OC)cc1. The molecule has 0 bridgehead atoms. The molecule has 0 aromatic heterocycles. The summed E-state index contributed by atoms with van der Waals surface area (Å²) in [6.45, 7) is 2.22. The number of halogens is 1. The van der Waals surface area contributed by atoms with Crippen molar-refractivity contribution >= 4 is 34.5 Å². The highest BCUT2D eigenvalue weighted by Crippen LogP contribution is 2.37. The zero-order valence-corrected chi connectivity index (χ0v) is 16.1. The van der Waals surface area contributed by atoms with Crippen molar-refractivity contribution in [3.05, 3.63) is 65.5 Å². The van der Waals surface area contributed by atoms with Crippen molar-refractivity contribution in [2.24, 2.45) is 4.99 Å². The fraction of sp³-hybridized carbons (Fsp3) is 0.250. The molecule has 2 atom stereocenters. The van der Waals surface area contributed by atoms with E-state index in [1.54, 1.807) is 24.3 Å². The highest BCUT2D eigenvalue weighted by molar-refractivity contribution is 8.15. The van der Waals surface area contributed by atoms with Gasteiger partial charge >= 0.3 is 5.97 Å². The third kappa shape index (κ3) is 4.07. The number of aliphatic imine (C=N–C) groups is 1. The van der Waals surface area contributed by atoms with Gasteiger partial charge in [0.2, 0.25) is 5.91 Å². The molecule has 1 fully saturated rings. The number of methoxy groups -OCH3 is 1. The Morgan fingerprint density at radius 2 is 1.89 bits per heavy atom. The molecule has 2 aromatic carbocycles. The molecule has 28 heavy (non-hydrogen) atoms. The lowest BCUT2D eigenvalue weighted by atomic mass is 10.1. The van der Waals surface area contributed by atoms with E-state index in [2.05, 4.69) is 9.73 Å². The van der Waals surface area contributed by atoms with Crippen molar-refractivity contribution in [2.45, 2.75) is 18.3 Å². The molecule has 8 heteroatoms. The quantitative estimate of drug-likeness (QED) is 0.777. The topological polar surface area (TPSA) is 79.2 Å². The summed E-state index contributed by atoms with van der Waals surface area (Å²) >= 11 is 1.16. The van der Waals surface area contributed by atoms with E-state index in [1.807, 2.05) is 6.92 Å². The molecule has 0 radical (unpaired) electrons. The number of ether oxygens (including phenoxy) is 1. The molecule has 3 rings (SSSR count). The molecule has 2 aromatic rings. The zero-order chi connectivity index (χ0) is 20.3. The molecule has 1 aliphatic rings. The second-order valence-electron chi connectivity index (χ2n) is 6.05. The molecular formula is C20H19FN2O4S. The minimum atomic E-state index is -1.08. The number of carbonyl (C=O) groups is 2.